The molecule has 3 aromatic rings. The zero-order valence-electron chi connectivity index (χ0n) is 24.6. The fraction of sp³-hybridized carbons (Fsp3) is 0.469. The topological polar surface area (TPSA) is 97.1 Å². The van der Waals surface area contributed by atoms with Crippen LogP contribution in [0.2, 0.25) is 0 Å². The van der Waals surface area contributed by atoms with Gasteiger partial charge in [0.25, 0.3) is 5.92 Å². The summed E-state index contributed by atoms with van der Waals surface area (Å²) in [6.07, 6.45) is 0.0800. The Hall–Kier alpha value is -4.15. The molecule has 11 heteroatoms. The van der Waals surface area contributed by atoms with Crippen molar-refractivity contribution in [1.82, 2.24) is 19.6 Å². The highest BCUT2D eigenvalue weighted by Gasteiger charge is 2.49. The molecule has 1 fully saturated rings. The Bertz CT molecular complexity index is 1530. The van der Waals surface area contributed by atoms with E-state index in [1.54, 1.807) is 47.4 Å². The number of ether oxygens (including phenoxy) is 2. The molecule has 6 rings (SSSR count). The first-order chi connectivity index (χ1) is 20.4. The number of alkyl halides is 2. The summed E-state index contributed by atoms with van der Waals surface area (Å²) < 4.78 is 41.1. The molecule has 9 nitrogen and oxygen atoms in total. The van der Waals surface area contributed by atoms with Crippen LogP contribution in [0.25, 0.3) is 5.69 Å². The van der Waals surface area contributed by atoms with Gasteiger partial charge in [-0.2, -0.15) is 5.10 Å². The summed E-state index contributed by atoms with van der Waals surface area (Å²) >= 11 is 0. The number of hydrogen-bond donors (Lipinski definition) is 1. The summed E-state index contributed by atoms with van der Waals surface area (Å²) in [6, 6.07) is 13.5. The summed E-state index contributed by atoms with van der Waals surface area (Å²) in [5.74, 6) is -3.80. The number of nitrogens with zero attached hydrogens (tertiary/aromatic N) is 4. The van der Waals surface area contributed by atoms with Crippen molar-refractivity contribution < 1.29 is 33.0 Å². The van der Waals surface area contributed by atoms with Crippen LogP contribution >= 0.6 is 0 Å². The summed E-state index contributed by atoms with van der Waals surface area (Å²) in [5.41, 5.74) is 3.25. The van der Waals surface area contributed by atoms with Crippen LogP contribution in [0.4, 0.5) is 18.4 Å². The van der Waals surface area contributed by atoms with Crippen LogP contribution in [0.15, 0.2) is 48.5 Å². The first-order valence-electron chi connectivity index (χ1n) is 14.7. The van der Waals surface area contributed by atoms with E-state index in [9.17, 15) is 23.5 Å². The Kier molecular flexibility index (Phi) is 7.30. The fourth-order valence-corrected chi connectivity index (χ4v) is 6.16. The lowest BCUT2D eigenvalue weighted by Crippen LogP contribution is -2.47. The predicted octanol–water partition coefficient (Wildman–Crippen LogP) is 6.12. The Morgan fingerprint density at radius 1 is 1.07 bits per heavy atom. The third-order valence-corrected chi connectivity index (χ3v) is 8.41. The first-order valence-corrected chi connectivity index (χ1v) is 14.7. The van der Waals surface area contributed by atoms with Gasteiger partial charge in [0.05, 0.1) is 17.4 Å². The molecule has 2 atom stereocenters. The summed E-state index contributed by atoms with van der Waals surface area (Å²) in [6.45, 7) is 6.33. The van der Waals surface area contributed by atoms with Gasteiger partial charge in [-0.05, 0) is 50.5 Å². The molecule has 1 N–H and O–H groups in total. The van der Waals surface area contributed by atoms with Gasteiger partial charge in [-0.1, -0.05) is 36.4 Å². The molecule has 1 aliphatic carbocycles. The van der Waals surface area contributed by atoms with Gasteiger partial charge in [0.15, 0.2) is 0 Å². The van der Waals surface area contributed by atoms with Crippen molar-refractivity contribution in [1.29, 1.82) is 0 Å². The number of rotatable bonds is 4. The zero-order chi connectivity index (χ0) is 30.5. The van der Waals surface area contributed by atoms with Crippen LogP contribution in [0.1, 0.15) is 73.7 Å². The van der Waals surface area contributed by atoms with Gasteiger partial charge in [-0.3, -0.25) is 4.90 Å². The normalized spacial score (nSPS) is 21.0. The van der Waals surface area contributed by atoms with E-state index in [-0.39, 0.29) is 25.3 Å². The van der Waals surface area contributed by atoms with Crippen LogP contribution in [-0.4, -0.2) is 68.0 Å². The lowest BCUT2D eigenvalue weighted by Gasteiger charge is -2.38. The second kappa shape index (κ2) is 10.8. The Morgan fingerprint density at radius 2 is 1.84 bits per heavy atom. The van der Waals surface area contributed by atoms with E-state index in [0.29, 0.717) is 49.3 Å². The number of benzene rings is 2. The van der Waals surface area contributed by atoms with E-state index >= 15 is 0 Å². The average molecular weight is 595 g/mol. The Balaban J connectivity index is 1.31. The summed E-state index contributed by atoms with van der Waals surface area (Å²) in [4.78, 5) is 29.8. The molecule has 228 valence electrons. The van der Waals surface area contributed by atoms with E-state index in [4.69, 9.17) is 14.6 Å². The van der Waals surface area contributed by atoms with E-state index < -0.39 is 35.7 Å². The predicted molar refractivity (Wildman–Crippen MR) is 153 cm³/mol. The highest BCUT2D eigenvalue weighted by molar-refractivity contribution is 5.71. The number of phenols is 1. The van der Waals surface area contributed by atoms with Crippen LogP contribution < -0.4 is 0 Å². The second-order valence-corrected chi connectivity index (χ2v) is 12.5. The molecule has 1 saturated carbocycles. The van der Waals surface area contributed by atoms with Crippen molar-refractivity contribution in [3.8, 4) is 11.4 Å². The molecule has 43 heavy (non-hydrogen) atoms. The number of halogens is 2. The lowest BCUT2D eigenvalue weighted by atomic mass is 9.76. The summed E-state index contributed by atoms with van der Waals surface area (Å²) in [7, 11) is 0. The maximum absolute atomic E-state index is 14.1. The Labute approximate surface area is 249 Å². The largest absolute Gasteiger partial charge is 0.506 e. The third-order valence-electron chi connectivity index (χ3n) is 8.41. The van der Waals surface area contributed by atoms with E-state index in [1.165, 1.54) is 6.07 Å². The van der Waals surface area contributed by atoms with Crippen molar-refractivity contribution in [2.24, 2.45) is 0 Å². The molecule has 2 aromatic carbocycles. The number of amides is 2. The lowest BCUT2D eigenvalue weighted by molar-refractivity contribution is -0.0962. The quantitative estimate of drug-likeness (QED) is 0.391. The monoisotopic (exact) mass is 594 g/mol. The minimum Gasteiger partial charge on any atom is -0.506 e. The Morgan fingerprint density at radius 3 is 2.49 bits per heavy atom. The molecule has 0 bridgehead atoms. The third kappa shape index (κ3) is 5.64. The molecule has 3 aliphatic rings. The molecular formula is C32H36F2N4O5. The minimum atomic E-state index is -2.77. The molecule has 2 aliphatic heterocycles. The number of aromatic nitrogens is 2. The SMILES string of the molecule is CC(C)(C)OC(=O)N1CCc2c3c(nn2-c2ccc(C4CCC4(F)F)cc2O)CCN(C(=O)OCc2ccccc2)CC31. The van der Waals surface area contributed by atoms with E-state index in [1.807, 2.05) is 30.3 Å². The van der Waals surface area contributed by atoms with Crippen molar-refractivity contribution in [3.05, 3.63) is 76.6 Å². The highest BCUT2D eigenvalue weighted by Crippen LogP contribution is 2.50. The van der Waals surface area contributed by atoms with Crippen LogP contribution in [0.5, 0.6) is 5.75 Å². The van der Waals surface area contributed by atoms with Gasteiger partial charge in [0, 0.05) is 50.4 Å². The first kappa shape index (κ1) is 28.9. The zero-order valence-corrected chi connectivity index (χ0v) is 24.6. The molecule has 2 amide bonds. The maximum atomic E-state index is 14.1. The molecule has 0 spiro atoms. The van der Waals surface area contributed by atoms with Crippen LogP contribution in [0.3, 0.4) is 0 Å². The van der Waals surface area contributed by atoms with Crippen LogP contribution in [-0.2, 0) is 28.9 Å². The van der Waals surface area contributed by atoms with Crippen LogP contribution in [0, 0.1) is 0 Å². The second-order valence-electron chi connectivity index (χ2n) is 12.5. The van der Waals surface area contributed by atoms with Gasteiger partial charge >= 0.3 is 12.2 Å². The van der Waals surface area contributed by atoms with Gasteiger partial charge in [0.2, 0.25) is 0 Å². The number of phenolic OH excluding ortho intramolecular Hbond substituents is 1. The number of carbonyl (C=O) groups excluding carboxylic acids is 2. The van der Waals surface area contributed by atoms with Crippen molar-refractivity contribution >= 4 is 12.2 Å². The number of aromatic hydroxyl groups is 1. The smallest absolute Gasteiger partial charge is 0.410 e. The number of carbonyl (C=O) groups is 2. The molecule has 1 aromatic heterocycles. The van der Waals surface area contributed by atoms with Crippen molar-refractivity contribution in [2.75, 3.05) is 19.6 Å². The van der Waals surface area contributed by atoms with Crippen molar-refractivity contribution in [2.45, 2.75) is 76.5 Å². The molecule has 2 unspecified atom stereocenters. The minimum absolute atomic E-state index is 0.126. The maximum Gasteiger partial charge on any atom is 0.410 e. The van der Waals surface area contributed by atoms with Gasteiger partial charge in [-0.25, -0.2) is 23.1 Å². The molecule has 3 heterocycles. The van der Waals surface area contributed by atoms with E-state index in [0.717, 1.165) is 16.8 Å². The average Bonchev–Trinajstić information content (AvgIpc) is 3.20. The molecule has 0 radical (unpaired) electrons. The van der Waals surface area contributed by atoms with E-state index in [2.05, 4.69) is 0 Å². The highest BCUT2D eigenvalue weighted by atomic mass is 19.3. The van der Waals surface area contributed by atoms with Crippen molar-refractivity contribution in [3.63, 3.8) is 0 Å². The standard InChI is InChI=1S/C32H36F2N4O5/c1-31(2,3)43-30(41)37-16-13-25-28-23(12-15-36(18-26(28)37)29(40)42-19-20-7-5-4-6-8-20)35-38(25)24-10-9-21(17-27(24)39)22-11-14-32(22,33)34/h4-10,17,22,26,39H,11-16,18-19H2,1-3H3. The molecular weight excluding hydrogens is 558 g/mol. The molecule has 0 saturated heterocycles. The van der Waals surface area contributed by atoms with Gasteiger partial charge in [-0.15, -0.1) is 0 Å². The summed E-state index contributed by atoms with van der Waals surface area (Å²) in [5, 5.41) is 15.8. The van der Waals surface area contributed by atoms with Gasteiger partial charge in [0.1, 0.15) is 23.6 Å². The fourth-order valence-electron chi connectivity index (χ4n) is 6.16. The van der Waals surface area contributed by atoms with Gasteiger partial charge < -0.3 is 19.5 Å². The number of hydrogen-bond acceptors (Lipinski definition) is 6.